The first-order chi connectivity index (χ1) is 9.88. The fourth-order valence-electron chi connectivity index (χ4n) is 1.72. The van der Waals surface area contributed by atoms with E-state index in [2.05, 4.69) is 21.2 Å². The van der Waals surface area contributed by atoms with Gasteiger partial charge in [-0.1, -0.05) is 27.5 Å². The number of amides is 1. The molecule has 1 amide bonds. The zero-order valence-electron chi connectivity index (χ0n) is 10.9. The molecular formula is C14H10BrClN2O3. The summed E-state index contributed by atoms with van der Waals surface area (Å²) < 4.78 is 0.904. The molecule has 0 aliphatic heterocycles. The van der Waals surface area contributed by atoms with Crippen molar-refractivity contribution in [2.24, 2.45) is 0 Å². The van der Waals surface area contributed by atoms with Crippen LogP contribution in [-0.4, -0.2) is 10.8 Å². The Morgan fingerprint density at radius 1 is 1.29 bits per heavy atom. The lowest BCUT2D eigenvalue weighted by Gasteiger charge is -2.07. The Morgan fingerprint density at radius 3 is 2.62 bits per heavy atom. The van der Waals surface area contributed by atoms with Crippen LogP contribution in [0.2, 0.25) is 5.02 Å². The van der Waals surface area contributed by atoms with Crippen molar-refractivity contribution >= 4 is 44.8 Å². The third kappa shape index (κ3) is 3.59. The van der Waals surface area contributed by atoms with Crippen molar-refractivity contribution in [2.45, 2.75) is 6.92 Å². The number of nitro benzene ring substituents is 1. The van der Waals surface area contributed by atoms with Crippen LogP contribution in [0.4, 0.5) is 11.4 Å². The molecule has 2 rings (SSSR count). The number of nitrogens with one attached hydrogen (secondary N) is 1. The lowest BCUT2D eigenvalue weighted by atomic mass is 10.1. The number of anilines is 1. The SMILES string of the molecule is Cc1cc(C(=O)Nc2ccc(Cl)c([N+](=O)[O-])c2)ccc1Br. The van der Waals surface area contributed by atoms with Crippen LogP contribution in [0, 0.1) is 17.0 Å². The van der Waals surface area contributed by atoms with Crippen molar-refractivity contribution in [2.75, 3.05) is 5.32 Å². The maximum atomic E-state index is 12.1. The van der Waals surface area contributed by atoms with Gasteiger partial charge in [-0.05, 0) is 42.8 Å². The highest BCUT2D eigenvalue weighted by molar-refractivity contribution is 9.10. The number of nitro groups is 1. The normalized spacial score (nSPS) is 10.2. The van der Waals surface area contributed by atoms with Gasteiger partial charge in [0.15, 0.2) is 0 Å². The van der Waals surface area contributed by atoms with Crippen LogP contribution >= 0.6 is 27.5 Å². The second-order valence-corrected chi connectivity index (χ2v) is 5.60. The van der Waals surface area contributed by atoms with Crippen LogP contribution in [0.25, 0.3) is 0 Å². The molecule has 0 aliphatic rings. The Hall–Kier alpha value is -1.92. The van der Waals surface area contributed by atoms with Crippen LogP contribution in [0.5, 0.6) is 0 Å². The Morgan fingerprint density at radius 2 is 2.00 bits per heavy atom. The molecule has 1 N–H and O–H groups in total. The molecule has 2 aromatic carbocycles. The molecule has 0 radical (unpaired) electrons. The molecular weight excluding hydrogens is 360 g/mol. The van der Waals surface area contributed by atoms with E-state index in [9.17, 15) is 14.9 Å². The predicted molar refractivity (Wildman–Crippen MR) is 84.9 cm³/mol. The standard InChI is InChI=1S/C14H10BrClN2O3/c1-8-6-9(2-4-11(8)15)14(19)17-10-3-5-12(16)13(7-10)18(20)21/h2-7H,1H3,(H,17,19). The van der Waals surface area contributed by atoms with Crippen LogP contribution in [0.1, 0.15) is 15.9 Å². The molecule has 0 spiro atoms. The molecule has 0 saturated heterocycles. The first kappa shape index (κ1) is 15.5. The van der Waals surface area contributed by atoms with Crippen molar-refractivity contribution in [1.82, 2.24) is 0 Å². The lowest BCUT2D eigenvalue weighted by Crippen LogP contribution is -2.12. The van der Waals surface area contributed by atoms with Crippen molar-refractivity contribution in [3.63, 3.8) is 0 Å². The van der Waals surface area contributed by atoms with E-state index in [4.69, 9.17) is 11.6 Å². The average molecular weight is 370 g/mol. The second kappa shape index (κ2) is 6.24. The van der Waals surface area contributed by atoms with Gasteiger partial charge in [-0.25, -0.2) is 0 Å². The van der Waals surface area contributed by atoms with E-state index in [1.165, 1.54) is 18.2 Å². The van der Waals surface area contributed by atoms with Gasteiger partial charge < -0.3 is 5.32 Å². The highest BCUT2D eigenvalue weighted by Gasteiger charge is 2.14. The van der Waals surface area contributed by atoms with E-state index >= 15 is 0 Å². The smallest absolute Gasteiger partial charge is 0.289 e. The van der Waals surface area contributed by atoms with E-state index in [1.54, 1.807) is 18.2 Å². The first-order valence-electron chi connectivity index (χ1n) is 5.90. The number of benzene rings is 2. The maximum Gasteiger partial charge on any atom is 0.289 e. The lowest BCUT2D eigenvalue weighted by molar-refractivity contribution is -0.384. The van der Waals surface area contributed by atoms with Crippen LogP contribution in [-0.2, 0) is 0 Å². The Kier molecular flexibility index (Phi) is 4.59. The Bertz CT molecular complexity index is 734. The highest BCUT2D eigenvalue weighted by atomic mass is 79.9. The van der Waals surface area contributed by atoms with Crippen molar-refractivity contribution < 1.29 is 9.72 Å². The fourth-order valence-corrected chi connectivity index (χ4v) is 2.15. The number of hydrogen-bond acceptors (Lipinski definition) is 3. The van der Waals surface area contributed by atoms with Gasteiger partial charge in [-0.2, -0.15) is 0 Å². The number of hydrogen-bond donors (Lipinski definition) is 1. The molecule has 0 saturated carbocycles. The van der Waals surface area contributed by atoms with E-state index in [0.717, 1.165) is 10.0 Å². The predicted octanol–water partition coefficient (Wildman–Crippen LogP) is 4.57. The average Bonchev–Trinajstić information content (AvgIpc) is 2.43. The molecule has 21 heavy (non-hydrogen) atoms. The summed E-state index contributed by atoms with van der Waals surface area (Å²) in [6.45, 7) is 1.87. The van der Waals surface area contributed by atoms with Gasteiger partial charge in [0.2, 0.25) is 0 Å². The van der Waals surface area contributed by atoms with E-state index in [-0.39, 0.29) is 16.6 Å². The molecule has 0 aromatic heterocycles. The summed E-state index contributed by atoms with van der Waals surface area (Å²) in [5.41, 5.74) is 1.45. The van der Waals surface area contributed by atoms with Gasteiger partial charge in [0.25, 0.3) is 11.6 Å². The fraction of sp³-hybridized carbons (Fsp3) is 0.0714. The third-order valence-electron chi connectivity index (χ3n) is 2.82. The summed E-state index contributed by atoms with van der Waals surface area (Å²) in [6.07, 6.45) is 0. The monoisotopic (exact) mass is 368 g/mol. The number of nitrogens with zero attached hydrogens (tertiary/aromatic N) is 1. The molecule has 0 atom stereocenters. The number of aryl methyl sites for hydroxylation is 1. The Balaban J connectivity index is 2.25. The van der Waals surface area contributed by atoms with Crippen LogP contribution < -0.4 is 5.32 Å². The number of carbonyl (C=O) groups excluding carboxylic acids is 1. The van der Waals surface area contributed by atoms with Gasteiger partial charge in [-0.3, -0.25) is 14.9 Å². The Labute approximate surface area is 134 Å². The van der Waals surface area contributed by atoms with Gasteiger partial charge >= 0.3 is 0 Å². The highest BCUT2D eigenvalue weighted by Crippen LogP contribution is 2.27. The van der Waals surface area contributed by atoms with Gasteiger partial charge in [0.1, 0.15) is 5.02 Å². The summed E-state index contributed by atoms with van der Waals surface area (Å²) in [4.78, 5) is 22.3. The summed E-state index contributed by atoms with van der Waals surface area (Å²) in [5, 5.41) is 13.5. The minimum Gasteiger partial charge on any atom is -0.322 e. The molecule has 0 bridgehead atoms. The number of rotatable bonds is 3. The van der Waals surface area contributed by atoms with E-state index < -0.39 is 4.92 Å². The molecule has 108 valence electrons. The van der Waals surface area contributed by atoms with Crippen molar-refractivity contribution in [1.29, 1.82) is 0 Å². The molecule has 0 heterocycles. The molecule has 0 unspecified atom stereocenters. The van der Waals surface area contributed by atoms with E-state index in [0.29, 0.717) is 11.3 Å². The molecule has 0 fully saturated rings. The summed E-state index contributed by atoms with van der Waals surface area (Å²) in [7, 11) is 0. The third-order valence-corrected chi connectivity index (χ3v) is 4.03. The summed E-state index contributed by atoms with van der Waals surface area (Å²) in [6, 6.07) is 9.28. The van der Waals surface area contributed by atoms with Crippen LogP contribution in [0.15, 0.2) is 40.9 Å². The quantitative estimate of drug-likeness (QED) is 0.636. The number of carbonyl (C=O) groups is 1. The van der Waals surface area contributed by atoms with Crippen LogP contribution in [0.3, 0.4) is 0 Å². The van der Waals surface area contributed by atoms with Gasteiger partial charge in [-0.15, -0.1) is 0 Å². The number of halogens is 2. The zero-order chi connectivity index (χ0) is 15.6. The van der Waals surface area contributed by atoms with E-state index in [1.807, 2.05) is 6.92 Å². The topological polar surface area (TPSA) is 72.2 Å². The summed E-state index contributed by atoms with van der Waals surface area (Å²) in [5.74, 6) is -0.345. The first-order valence-corrected chi connectivity index (χ1v) is 7.07. The van der Waals surface area contributed by atoms with Gasteiger partial charge in [0, 0.05) is 21.8 Å². The molecule has 2 aromatic rings. The minimum absolute atomic E-state index is 0.0254. The maximum absolute atomic E-state index is 12.1. The van der Waals surface area contributed by atoms with Gasteiger partial charge in [0.05, 0.1) is 4.92 Å². The summed E-state index contributed by atoms with van der Waals surface area (Å²) >= 11 is 9.08. The molecule has 5 nitrogen and oxygen atoms in total. The van der Waals surface area contributed by atoms with Crippen molar-refractivity contribution in [3.8, 4) is 0 Å². The zero-order valence-corrected chi connectivity index (χ0v) is 13.2. The molecule has 0 aliphatic carbocycles. The second-order valence-electron chi connectivity index (χ2n) is 4.34. The minimum atomic E-state index is -0.595. The molecule has 7 heteroatoms. The van der Waals surface area contributed by atoms with Crippen molar-refractivity contribution in [3.05, 3.63) is 67.1 Å². The largest absolute Gasteiger partial charge is 0.322 e.